The topological polar surface area (TPSA) is 122 Å². The van der Waals surface area contributed by atoms with Crippen molar-refractivity contribution in [3.63, 3.8) is 0 Å². The zero-order chi connectivity index (χ0) is 29.0. The molecule has 1 aliphatic rings. The van der Waals surface area contributed by atoms with E-state index < -0.39 is 6.29 Å². The summed E-state index contributed by atoms with van der Waals surface area (Å²) in [7, 11) is 0. The summed E-state index contributed by atoms with van der Waals surface area (Å²) in [6, 6.07) is 0. The van der Waals surface area contributed by atoms with Crippen molar-refractivity contribution < 1.29 is 29.4 Å². The van der Waals surface area contributed by atoms with Gasteiger partial charge < -0.3 is 10.2 Å². The number of aliphatic hydroxyl groups excluding tert-OH is 2. The number of rotatable bonds is 23. The van der Waals surface area contributed by atoms with Gasteiger partial charge in [-0.1, -0.05) is 26.7 Å². The molecule has 0 spiro atoms. The SMILES string of the molecule is CCCCC(O)CCCCC(CCOC1OC(C[O][BaH])C([O][BaH])C([O][BaH])C1[O][BaH])OC(=O)CCCC(O)CC. The number of hydrogen-bond donors (Lipinski definition) is 2. The molecule has 8 atom stereocenters. The number of aliphatic hydroxyl groups is 2. The zero-order valence-electron chi connectivity index (χ0n) is 25.2. The monoisotopic (exact) mass is 1060 g/mol. The van der Waals surface area contributed by atoms with E-state index in [0.29, 0.717) is 45.3 Å². The molecule has 1 saturated heterocycles. The Morgan fingerprint density at radius 1 is 0.821 bits per heavy atom. The van der Waals surface area contributed by atoms with Gasteiger partial charge in [-0.3, -0.25) is 0 Å². The van der Waals surface area contributed by atoms with Crippen LogP contribution in [0.5, 0.6) is 0 Å². The van der Waals surface area contributed by atoms with Crippen molar-refractivity contribution in [2.45, 2.75) is 140 Å². The summed E-state index contributed by atoms with van der Waals surface area (Å²) in [5, 5.41) is 19.9. The molecule has 0 bridgehead atoms. The predicted molar refractivity (Wildman–Crippen MR) is 152 cm³/mol. The first kappa shape index (κ1) is 42.5. The molecular formula is C25H48Ba4O10. The molecule has 0 aliphatic carbocycles. The fourth-order valence-corrected chi connectivity index (χ4v) is 11.0. The van der Waals surface area contributed by atoms with E-state index in [1.165, 1.54) is 0 Å². The number of ether oxygens (including phenoxy) is 3. The minimum absolute atomic E-state index is 0.00197. The Balaban J connectivity index is 2.70. The Hall–Kier alpha value is 5.44. The van der Waals surface area contributed by atoms with Crippen molar-refractivity contribution in [2.75, 3.05) is 13.2 Å². The van der Waals surface area contributed by atoms with E-state index in [1.807, 2.05) is 6.92 Å². The van der Waals surface area contributed by atoms with Crippen LogP contribution < -0.4 is 0 Å². The van der Waals surface area contributed by atoms with Crippen LogP contribution in [0.15, 0.2) is 0 Å². The fraction of sp³-hybridized carbons (Fsp3) is 0.960. The van der Waals surface area contributed by atoms with Crippen LogP contribution in [0, 0.1) is 0 Å². The van der Waals surface area contributed by atoms with Crippen molar-refractivity contribution in [1.82, 2.24) is 0 Å². The summed E-state index contributed by atoms with van der Waals surface area (Å²) >= 11 is -0.323. The maximum atomic E-state index is 12.6. The molecule has 2 N–H and O–H groups in total. The molecule has 0 aromatic rings. The second-order valence-corrected chi connectivity index (χ2v) is 16.7. The number of carbonyl (C=O) groups is 1. The average molecular weight is 1060 g/mol. The Labute approximate surface area is 368 Å². The van der Waals surface area contributed by atoms with E-state index in [-0.39, 0.29) is 237 Å². The summed E-state index contributed by atoms with van der Waals surface area (Å²) in [5.41, 5.74) is 0. The van der Waals surface area contributed by atoms with E-state index >= 15 is 0 Å². The van der Waals surface area contributed by atoms with Crippen molar-refractivity contribution in [3.05, 3.63) is 0 Å². The molecule has 10 nitrogen and oxygen atoms in total. The summed E-state index contributed by atoms with van der Waals surface area (Å²) in [4.78, 5) is 12.6. The van der Waals surface area contributed by atoms with Gasteiger partial charge in [0.05, 0.1) is 6.10 Å². The molecule has 0 aromatic heterocycles. The molecule has 39 heavy (non-hydrogen) atoms. The van der Waals surface area contributed by atoms with Gasteiger partial charge in [-0.05, 0) is 12.8 Å². The molecule has 1 aliphatic heterocycles. The Bertz CT molecular complexity index is 623. The van der Waals surface area contributed by atoms with Gasteiger partial charge in [0, 0.05) is 0 Å². The van der Waals surface area contributed by atoms with Crippen LogP contribution in [0.3, 0.4) is 0 Å². The molecule has 0 radical (unpaired) electrons. The van der Waals surface area contributed by atoms with E-state index in [2.05, 4.69) is 6.92 Å². The van der Waals surface area contributed by atoms with E-state index in [1.54, 1.807) is 0 Å². The van der Waals surface area contributed by atoms with Gasteiger partial charge >= 0.3 is 321 Å². The van der Waals surface area contributed by atoms with Gasteiger partial charge in [0.15, 0.2) is 0 Å². The van der Waals surface area contributed by atoms with Gasteiger partial charge in [0.2, 0.25) is 0 Å². The van der Waals surface area contributed by atoms with Gasteiger partial charge in [-0.15, -0.1) is 0 Å². The van der Waals surface area contributed by atoms with Gasteiger partial charge in [-0.25, -0.2) is 0 Å². The van der Waals surface area contributed by atoms with Crippen molar-refractivity contribution >= 4 is 195 Å². The maximum absolute atomic E-state index is 12.6. The smallest absolute Gasteiger partial charge is 0.393 e. The minimum atomic E-state index is -0.561. The summed E-state index contributed by atoms with van der Waals surface area (Å²) in [5.74, 6) is -0.238. The third-order valence-corrected chi connectivity index (χ3v) is 13.5. The molecule has 1 heterocycles. The van der Waals surface area contributed by atoms with Crippen molar-refractivity contribution in [2.24, 2.45) is 0 Å². The Morgan fingerprint density at radius 3 is 2.08 bits per heavy atom. The first-order valence-corrected chi connectivity index (χ1v) is 25.0. The normalized spacial score (nSPS) is 25.6. The number of esters is 1. The van der Waals surface area contributed by atoms with Gasteiger partial charge in [0.1, 0.15) is 0 Å². The molecular weight excluding hydrogens is 1010 g/mol. The molecule has 0 saturated carbocycles. The second kappa shape index (κ2) is 27.4. The van der Waals surface area contributed by atoms with Crippen LogP contribution in [0.1, 0.15) is 90.9 Å². The first-order chi connectivity index (χ1) is 18.8. The first-order valence-electron chi connectivity index (χ1n) is 14.7. The molecule has 0 aromatic carbocycles. The summed E-state index contributed by atoms with van der Waals surface area (Å²) < 4.78 is 41.8. The van der Waals surface area contributed by atoms with Crippen molar-refractivity contribution in [3.8, 4) is 0 Å². The van der Waals surface area contributed by atoms with E-state index in [0.717, 1.165) is 44.9 Å². The molecule has 8 unspecified atom stereocenters. The second-order valence-electron chi connectivity index (χ2n) is 10.4. The molecule has 216 valence electrons. The summed E-state index contributed by atoms with van der Waals surface area (Å²) in [6.45, 7) is 4.92. The van der Waals surface area contributed by atoms with Crippen molar-refractivity contribution in [1.29, 1.82) is 0 Å². The van der Waals surface area contributed by atoms with Gasteiger partial charge in [0.25, 0.3) is 0 Å². The van der Waals surface area contributed by atoms with Crippen LogP contribution in [0.2, 0.25) is 0 Å². The minimum Gasteiger partial charge on any atom is -0.393 e. The van der Waals surface area contributed by atoms with Crippen LogP contribution >= 0.6 is 0 Å². The third kappa shape index (κ3) is 18.5. The predicted octanol–water partition coefficient (Wildman–Crippen LogP) is 0.518. The number of unbranched alkanes of at least 4 members (excludes halogenated alkanes) is 2. The standard InChI is InChI=1S/C25H44O10.4Ba.4H/c1-3-5-9-18(28)10-6-7-12-19(34-21(29)13-8-11-17(27)4-2)14-15-33-25-24(32)23(31)22(30)20(16-26)35-25;;;;;;;;/h17-20,22-25,27-28H,3-16H2,1-2H3;;;;;;;;/q-4;4*+1;;;;. The van der Waals surface area contributed by atoms with Crippen LogP contribution in [-0.4, -0.2) is 267 Å². The quantitative estimate of drug-likeness (QED) is 0.0853. The van der Waals surface area contributed by atoms with Crippen LogP contribution in [-0.2, 0) is 19.2 Å². The Kier molecular flexibility index (Phi) is 29.8. The van der Waals surface area contributed by atoms with Crippen LogP contribution in [0.25, 0.3) is 0 Å². The molecule has 1 rings (SSSR count). The molecule has 0 amide bonds. The van der Waals surface area contributed by atoms with E-state index in [4.69, 9.17) is 14.4 Å². The Morgan fingerprint density at radius 2 is 1.46 bits per heavy atom. The molecule has 14 heteroatoms. The number of carbonyl (C=O) groups excluding carboxylic acids is 1. The number of hydrogen-bond acceptors (Lipinski definition) is 10. The zero-order valence-corrected chi connectivity index (χ0v) is 50.3. The average Bonchev–Trinajstić information content (AvgIpc) is 2.93. The molecule has 1 fully saturated rings. The third-order valence-electron chi connectivity index (χ3n) is 7.35. The van der Waals surface area contributed by atoms with Gasteiger partial charge in [-0.2, -0.15) is 0 Å². The van der Waals surface area contributed by atoms with E-state index in [9.17, 15) is 15.0 Å². The van der Waals surface area contributed by atoms with Crippen LogP contribution in [0.4, 0.5) is 0 Å². The summed E-state index contributed by atoms with van der Waals surface area (Å²) in [6.07, 6.45) is 6.63. The fourth-order valence-electron chi connectivity index (χ4n) is 4.96.